The minimum atomic E-state index is 0.116. The summed E-state index contributed by atoms with van der Waals surface area (Å²) in [5.41, 5.74) is 3.45. The molecular weight excluding hydrogens is 420 g/mol. The van der Waals surface area contributed by atoms with Crippen molar-refractivity contribution in [2.24, 2.45) is 16.0 Å². The molecule has 0 spiro atoms. The van der Waals surface area contributed by atoms with Crippen molar-refractivity contribution in [3.63, 3.8) is 0 Å². The highest BCUT2D eigenvalue weighted by Crippen LogP contribution is 2.34. The fraction of sp³-hybridized carbons (Fsp3) is 0.500. The van der Waals surface area contributed by atoms with Gasteiger partial charge in [-0.2, -0.15) is 5.10 Å². The van der Waals surface area contributed by atoms with Crippen molar-refractivity contribution in [3.8, 4) is 22.8 Å². The number of carbonyl (C=O) groups excluding carboxylic acids is 1. The SMILES string of the molecule is C=Nn1c(C)cc(-c2c(C)cc(OC)cc2O)nc1=NCCN(C)CCNC.O=CC1CC1. The second-order valence-corrected chi connectivity index (χ2v) is 8.14. The summed E-state index contributed by atoms with van der Waals surface area (Å²) in [4.78, 5) is 21.0. The van der Waals surface area contributed by atoms with Gasteiger partial charge < -0.3 is 24.9 Å². The van der Waals surface area contributed by atoms with Crippen LogP contribution in [0.3, 0.4) is 0 Å². The van der Waals surface area contributed by atoms with Crippen LogP contribution in [0.2, 0.25) is 0 Å². The van der Waals surface area contributed by atoms with Crippen molar-refractivity contribution in [1.29, 1.82) is 0 Å². The molecule has 2 aromatic rings. The quantitative estimate of drug-likeness (QED) is 0.419. The molecule has 9 heteroatoms. The molecule has 33 heavy (non-hydrogen) atoms. The highest BCUT2D eigenvalue weighted by atomic mass is 16.5. The number of aromatic hydroxyl groups is 1. The number of nitrogens with zero attached hydrogens (tertiary/aromatic N) is 5. The first-order valence-electron chi connectivity index (χ1n) is 11.1. The maximum absolute atomic E-state index is 10.5. The number of aldehydes is 1. The van der Waals surface area contributed by atoms with Crippen LogP contribution in [-0.4, -0.2) is 80.1 Å². The van der Waals surface area contributed by atoms with Crippen molar-refractivity contribution in [3.05, 3.63) is 35.1 Å². The lowest BCUT2D eigenvalue weighted by atomic mass is 10.0. The number of hydrogen-bond acceptors (Lipinski definition) is 8. The lowest BCUT2D eigenvalue weighted by Gasteiger charge is -2.15. The van der Waals surface area contributed by atoms with E-state index in [4.69, 9.17) is 4.74 Å². The van der Waals surface area contributed by atoms with Gasteiger partial charge in [0.2, 0.25) is 5.62 Å². The van der Waals surface area contributed by atoms with E-state index in [1.165, 1.54) is 0 Å². The van der Waals surface area contributed by atoms with Crippen LogP contribution in [0.1, 0.15) is 24.1 Å². The standard InChI is InChI=1S/C20H30N6O2.C4H6O/c1-14-11-16(28-6)13-18(27)19(14)17-12-15(2)26(22-4)20(24-17)23-8-10-25(5)9-7-21-3;5-3-4-1-2-4/h11-13,21,27H,4,7-10H2,1-3,5-6H3;3-4H,1-2H2. The molecule has 0 bridgehead atoms. The molecule has 1 aromatic carbocycles. The zero-order chi connectivity index (χ0) is 24.4. The van der Waals surface area contributed by atoms with E-state index in [0.717, 1.165) is 50.0 Å². The summed E-state index contributed by atoms with van der Waals surface area (Å²) >= 11 is 0. The Balaban J connectivity index is 0.000000678. The molecule has 180 valence electrons. The third-order valence-corrected chi connectivity index (χ3v) is 5.30. The van der Waals surface area contributed by atoms with Gasteiger partial charge in [-0.15, -0.1) is 0 Å². The number of phenolic OH excluding ortho intramolecular Hbond substituents is 1. The molecule has 1 heterocycles. The van der Waals surface area contributed by atoms with E-state index in [1.54, 1.807) is 17.9 Å². The zero-order valence-corrected chi connectivity index (χ0v) is 20.3. The zero-order valence-electron chi connectivity index (χ0n) is 20.3. The van der Waals surface area contributed by atoms with Gasteiger partial charge in [0, 0.05) is 49.6 Å². The Morgan fingerprint density at radius 1 is 1.33 bits per heavy atom. The second-order valence-electron chi connectivity index (χ2n) is 8.14. The summed E-state index contributed by atoms with van der Waals surface area (Å²) in [5, 5.41) is 17.7. The van der Waals surface area contributed by atoms with E-state index < -0.39 is 0 Å². The van der Waals surface area contributed by atoms with E-state index >= 15 is 0 Å². The monoisotopic (exact) mass is 456 g/mol. The van der Waals surface area contributed by atoms with Crippen molar-refractivity contribution >= 4 is 13.0 Å². The summed E-state index contributed by atoms with van der Waals surface area (Å²) in [6.45, 7) is 10.7. The van der Waals surface area contributed by atoms with Crippen LogP contribution >= 0.6 is 0 Å². The summed E-state index contributed by atoms with van der Waals surface area (Å²) in [5.74, 6) is 1.17. The van der Waals surface area contributed by atoms with Crippen LogP contribution in [0.5, 0.6) is 11.5 Å². The van der Waals surface area contributed by atoms with E-state index in [1.807, 2.05) is 33.0 Å². The van der Waals surface area contributed by atoms with Crippen LogP contribution in [0.15, 0.2) is 28.3 Å². The number of hydrogen-bond donors (Lipinski definition) is 2. The molecule has 0 unspecified atom stereocenters. The predicted octanol–water partition coefficient (Wildman–Crippen LogP) is 1.99. The largest absolute Gasteiger partial charge is 0.507 e. The van der Waals surface area contributed by atoms with Gasteiger partial charge in [0.05, 0.1) is 19.3 Å². The average molecular weight is 457 g/mol. The van der Waals surface area contributed by atoms with Crippen LogP contribution in [0, 0.1) is 19.8 Å². The molecule has 3 rings (SSSR count). The number of aromatic nitrogens is 2. The Bertz CT molecular complexity index is 991. The fourth-order valence-corrected chi connectivity index (χ4v) is 3.16. The summed E-state index contributed by atoms with van der Waals surface area (Å²) in [6, 6.07) is 5.31. The predicted molar refractivity (Wildman–Crippen MR) is 131 cm³/mol. The van der Waals surface area contributed by atoms with Crippen molar-refractivity contribution in [2.75, 3.05) is 47.4 Å². The highest BCUT2D eigenvalue weighted by molar-refractivity contribution is 5.72. The van der Waals surface area contributed by atoms with Gasteiger partial charge in [0.1, 0.15) is 17.8 Å². The molecule has 9 nitrogen and oxygen atoms in total. The number of methoxy groups -OCH3 is 1. The number of ether oxygens (including phenoxy) is 1. The number of phenols is 1. The van der Waals surface area contributed by atoms with Crippen LogP contribution in [-0.2, 0) is 4.79 Å². The Morgan fingerprint density at radius 3 is 2.58 bits per heavy atom. The minimum Gasteiger partial charge on any atom is -0.507 e. The Labute approximate surface area is 195 Å². The van der Waals surface area contributed by atoms with Gasteiger partial charge in [-0.1, -0.05) is 0 Å². The van der Waals surface area contributed by atoms with Gasteiger partial charge in [-0.25, -0.2) is 14.7 Å². The van der Waals surface area contributed by atoms with Gasteiger partial charge in [0.25, 0.3) is 0 Å². The van der Waals surface area contributed by atoms with Gasteiger partial charge in [0.15, 0.2) is 0 Å². The molecule has 1 saturated carbocycles. The number of nitrogens with one attached hydrogen (secondary N) is 1. The van der Waals surface area contributed by atoms with Gasteiger partial charge >= 0.3 is 0 Å². The van der Waals surface area contributed by atoms with Gasteiger partial charge in [-0.05, 0) is 58.5 Å². The minimum absolute atomic E-state index is 0.116. The van der Waals surface area contributed by atoms with E-state index in [0.29, 0.717) is 35.1 Å². The normalized spacial score (nSPS) is 13.5. The first-order valence-corrected chi connectivity index (χ1v) is 11.1. The average Bonchev–Trinajstić information content (AvgIpc) is 3.62. The fourth-order valence-electron chi connectivity index (χ4n) is 3.16. The number of aryl methyl sites for hydroxylation is 2. The molecule has 0 saturated heterocycles. The molecular formula is C24H36N6O3. The second kappa shape index (κ2) is 12.9. The number of likely N-dealkylation sites (N-methyl/N-ethyl adjacent to an activating group) is 2. The van der Waals surface area contributed by atoms with Crippen molar-refractivity contribution in [1.82, 2.24) is 19.9 Å². The molecule has 1 aliphatic carbocycles. The lowest BCUT2D eigenvalue weighted by Crippen LogP contribution is -2.31. The molecule has 0 aliphatic heterocycles. The first-order chi connectivity index (χ1) is 15.8. The lowest BCUT2D eigenvalue weighted by molar-refractivity contribution is -0.108. The summed E-state index contributed by atoms with van der Waals surface area (Å²) in [6.07, 6.45) is 3.31. The molecule has 2 N–H and O–H groups in total. The van der Waals surface area contributed by atoms with E-state index in [-0.39, 0.29) is 5.75 Å². The molecule has 1 aromatic heterocycles. The van der Waals surface area contributed by atoms with Gasteiger partial charge in [-0.3, -0.25) is 0 Å². The number of carbonyl (C=O) groups is 1. The summed E-state index contributed by atoms with van der Waals surface area (Å²) < 4.78 is 6.82. The van der Waals surface area contributed by atoms with Crippen molar-refractivity contribution < 1.29 is 14.6 Å². The maximum Gasteiger partial charge on any atom is 0.246 e. The third-order valence-electron chi connectivity index (χ3n) is 5.30. The third kappa shape index (κ3) is 7.80. The Kier molecular flexibility index (Phi) is 10.2. The van der Waals surface area contributed by atoms with Crippen LogP contribution in [0.4, 0.5) is 0 Å². The maximum atomic E-state index is 10.5. The van der Waals surface area contributed by atoms with Crippen LogP contribution < -0.4 is 15.7 Å². The molecule has 1 aliphatic rings. The Hall–Kier alpha value is -3.04. The smallest absolute Gasteiger partial charge is 0.246 e. The van der Waals surface area contributed by atoms with E-state index in [2.05, 4.69) is 39.1 Å². The topological polar surface area (TPSA) is 104 Å². The molecule has 0 atom stereocenters. The summed E-state index contributed by atoms with van der Waals surface area (Å²) in [7, 11) is 5.56. The number of rotatable bonds is 10. The highest BCUT2D eigenvalue weighted by Gasteiger charge is 2.19. The molecule has 1 fully saturated rings. The first kappa shape index (κ1) is 26.2. The number of benzene rings is 1. The molecule has 0 amide bonds. The van der Waals surface area contributed by atoms with E-state index in [9.17, 15) is 9.90 Å². The van der Waals surface area contributed by atoms with Crippen molar-refractivity contribution in [2.45, 2.75) is 26.7 Å². The molecule has 0 radical (unpaired) electrons. The van der Waals surface area contributed by atoms with Crippen LogP contribution in [0.25, 0.3) is 11.3 Å². The Morgan fingerprint density at radius 2 is 2.06 bits per heavy atom.